The molecule has 0 saturated carbocycles. The first-order valence-corrected chi connectivity index (χ1v) is 17.8. The normalized spacial score (nSPS) is 12.3. The maximum absolute atomic E-state index is 13.9. The quantitative estimate of drug-likeness (QED) is 0.0995. The molecule has 0 radical (unpaired) electrons. The van der Waals surface area contributed by atoms with E-state index in [9.17, 15) is 34.8 Å². The smallest absolute Gasteiger partial charge is 0.256 e. The van der Waals surface area contributed by atoms with E-state index in [0.717, 1.165) is 35.4 Å². The van der Waals surface area contributed by atoms with Crippen LogP contribution >= 0.6 is 0 Å². The van der Waals surface area contributed by atoms with Crippen LogP contribution in [-0.4, -0.2) is 41.5 Å². The van der Waals surface area contributed by atoms with Crippen LogP contribution in [0.2, 0.25) is 0 Å². The highest BCUT2D eigenvalue weighted by Crippen LogP contribution is 2.35. The third kappa shape index (κ3) is 9.71. The van der Waals surface area contributed by atoms with Crippen molar-refractivity contribution in [3.63, 3.8) is 0 Å². The minimum absolute atomic E-state index is 0.0217. The van der Waals surface area contributed by atoms with Gasteiger partial charge in [-0.1, -0.05) is 84.9 Å². The van der Waals surface area contributed by atoms with Crippen LogP contribution in [0.15, 0.2) is 138 Å². The minimum Gasteiger partial charge on any atom is -0.256 e. The molecule has 0 fully saturated rings. The molecule has 0 unspecified atom stereocenters. The van der Waals surface area contributed by atoms with E-state index in [1.165, 1.54) is 36.5 Å². The minimum atomic E-state index is -4.89. The molecule has 6 rings (SSSR count). The summed E-state index contributed by atoms with van der Waals surface area (Å²) in [5, 5.41) is 1.65. The number of hydrogen-bond acceptors (Lipinski definition) is 6. The van der Waals surface area contributed by atoms with Gasteiger partial charge in [0.15, 0.2) is 5.82 Å². The molecule has 272 valence electrons. The predicted molar refractivity (Wildman–Crippen MR) is 188 cm³/mol. The van der Waals surface area contributed by atoms with Crippen molar-refractivity contribution in [3.8, 4) is 33.9 Å². The molecule has 2 aromatic heterocycles. The zero-order chi connectivity index (χ0) is 37.6. The lowest BCUT2D eigenvalue weighted by atomic mass is 10.1. The van der Waals surface area contributed by atoms with Gasteiger partial charge >= 0.3 is 12.4 Å². The van der Waals surface area contributed by atoms with Gasteiger partial charge in [-0.15, -0.1) is 4.83 Å². The molecule has 0 saturated heterocycles. The molecule has 0 atom stereocenters. The van der Waals surface area contributed by atoms with Crippen LogP contribution < -0.4 is 4.83 Å². The number of hydrogen-bond donors (Lipinski definition) is 1. The Morgan fingerprint density at radius 1 is 0.585 bits per heavy atom. The number of aromatic nitrogens is 3. The first-order chi connectivity index (χ1) is 25.2. The summed E-state index contributed by atoms with van der Waals surface area (Å²) < 4.78 is 109. The van der Waals surface area contributed by atoms with Crippen LogP contribution in [0.1, 0.15) is 22.4 Å². The second-order valence-corrected chi connectivity index (χ2v) is 13.7. The first-order valence-electron chi connectivity index (χ1n) is 16.3. The molecule has 0 aliphatic carbocycles. The summed E-state index contributed by atoms with van der Waals surface area (Å²) in [6, 6.07) is 32.4. The van der Waals surface area contributed by atoms with E-state index < -0.39 is 33.6 Å². The van der Waals surface area contributed by atoms with Gasteiger partial charge in [-0.05, 0) is 66.4 Å². The predicted octanol–water partition coefficient (Wildman–Crippen LogP) is 8.89. The lowest BCUT2D eigenvalue weighted by Crippen LogP contribution is -2.44. The summed E-state index contributed by atoms with van der Waals surface area (Å²) >= 11 is 0. The molecular weight excluding hydrogens is 717 g/mol. The monoisotopic (exact) mass is 747 g/mol. The molecule has 0 aliphatic rings. The summed E-state index contributed by atoms with van der Waals surface area (Å²) in [5.74, 6) is -0.351. The third-order valence-electron chi connectivity index (χ3n) is 8.26. The van der Waals surface area contributed by atoms with E-state index in [-0.39, 0.29) is 33.2 Å². The molecule has 6 aromatic rings. The number of nitrogens with one attached hydrogen (secondary N) is 1. The van der Waals surface area contributed by atoms with Crippen molar-refractivity contribution in [2.24, 2.45) is 0 Å². The summed E-state index contributed by atoms with van der Waals surface area (Å²) in [4.78, 5) is 14.9. The van der Waals surface area contributed by atoms with Crippen LogP contribution in [-0.2, 0) is 35.2 Å². The van der Waals surface area contributed by atoms with Gasteiger partial charge < -0.3 is 0 Å². The lowest BCUT2D eigenvalue weighted by molar-refractivity contribution is -0.141. The highest BCUT2D eigenvalue weighted by atomic mass is 32.2. The van der Waals surface area contributed by atoms with Gasteiger partial charge in [0.2, 0.25) is 0 Å². The van der Waals surface area contributed by atoms with E-state index >= 15 is 0 Å². The number of halogens is 6. The fraction of sp³-hybridized carbons (Fsp3) is 0.154. The van der Waals surface area contributed by atoms with Crippen LogP contribution in [0.4, 0.5) is 26.3 Å². The number of nitrogens with zero attached hydrogens (tertiary/aromatic N) is 4. The number of rotatable bonds is 12. The molecule has 53 heavy (non-hydrogen) atoms. The molecule has 2 heterocycles. The SMILES string of the molecule is O=S(=O)(NN(CCc1ccccc1)CCc1ccccc1)c1cccc(-c2cc(-c3nc(-c4ccc(C(F)(F)F)cc4)cc(C(F)(F)F)n3)ccn2)c1. The molecule has 14 heteroatoms. The lowest BCUT2D eigenvalue weighted by Gasteiger charge is -2.23. The number of pyridine rings is 1. The van der Waals surface area contributed by atoms with Crippen molar-refractivity contribution in [1.82, 2.24) is 24.8 Å². The van der Waals surface area contributed by atoms with Crippen LogP contribution in [0.3, 0.4) is 0 Å². The van der Waals surface area contributed by atoms with Crippen LogP contribution in [0.5, 0.6) is 0 Å². The standard InChI is InChI=1S/C39H31F6N5O2S/c40-38(41,42)32-16-14-29(15-17-32)35-26-36(39(43,44)45)48-37(47-35)31-18-21-46-34(25-31)30-12-7-13-33(24-30)53(51,52)49-50(22-19-27-8-3-1-4-9-27)23-20-28-10-5-2-6-11-28/h1-18,21,24-26,49H,19-20,22-23H2. The van der Waals surface area contributed by atoms with Crippen LogP contribution in [0, 0.1) is 0 Å². The van der Waals surface area contributed by atoms with Crippen molar-refractivity contribution < 1.29 is 34.8 Å². The van der Waals surface area contributed by atoms with Crippen molar-refractivity contribution in [2.45, 2.75) is 30.1 Å². The Morgan fingerprint density at radius 3 is 1.79 bits per heavy atom. The summed E-state index contributed by atoms with van der Waals surface area (Å²) in [7, 11) is -4.10. The summed E-state index contributed by atoms with van der Waals surface area (Å²) in [5.41, 5.74) is 0.309. The van der Waals surface area contributed by atoms with Crippen molar-refractivity contribution in [1.29, 1.82) is 0 Å². The average molecular weight is 748 g/mol. The van der Waals surface area contributed by atoms with Crippen molar-refractivity contribution in [3.05, 3.63) is 156 Å². The highest BCUT2D eigenvalue weighted by Gasteiger charge is 2.34. The largest absolute Gasteiger partial charge is 0.433 e. The molecule has 0 amide bonds. The van der Waals surface area contributed by atoms with Gasteiger partial charge in [-0.2, -0.15) is 26.3 Å². The fourth-order valence-electron chi connectivity index (χ4n) is 5.49. The highest BCUT2D eigenvalue weighted by molar-refractivity contribution is 7.89. The van der Waals surface area contributed by atoms with Gasteiger partial charge in [0.1, 0.15) is 5.69 Å². The van der Waals surface area contributed by atoms with E-state index in [1.54, 1.807) is 11.1 Å². The zero-order valence-electron chi connectivity index (χ0n) is 27.8. The Bertz CT molecular complexity index is 2230. The number of benzene rings is 4. The topological polar surface area (TPSA) is 88.1 Å². The van der Waals surface area contributed by atoms with Gasteiger partial charge in [0.25, 0.3) is 10.0 Å². The van der Waals surface area contributed by atoms with Crippen molar-refractivity contribution in [2.75, 3.05) is 13.1 Å². The average Bonchev–Trinajstić information content (AvgIpc) is 3.16. The maximum atomic E-state index is 13.9. The Hall–Kier alpha value is -5.44. The van der Waals surface area contributed by atoms with Crippen molar-refractivity contribution >= 4 is 10.0 Å². The number of alkyl halides is 6. The summed E-state index contributed by atoms with van der Waals surface area (Å²) in [6.07, 6.45) is -7.02. The van der Waals surface area contributed by atoms with Gasteiger partial charge in [-0.3, -0.25) is 4.98 Å². The molecule has 1 N–H and O–H groups in total. The van der Waals surface area contributed by atoms with E-state index in [0.29, 0.717) is 37.6 Å². The first kappa shape index (κ1) is 37.3. The van der Waals surface area contributed by atoms with Gasteiger partial charge in [0.05, 0.1) is 21.8 Å². The molecule has 0 aliphatic heterocycles. The Balaban J connectivity index is 1.28. The van der Waals surface area contributed by atoms with E-state index in [1.807, 2.05) is 60.7 Å². The Kier molecular flexibility index (Phi) is 11.0. The van der Waals surface area contributed by atoms with E-state index in [2.05, 4.69) is 19.8 Å². The molecular formula is C39H31F6N5O2S. The van der Waals surface area contributed by atoms with E-state index in [4.69, 9.17) is 0 Å². The Morgan fingerprint density at radius 2 is 1.21 bits per heavy atom. The molecule has 0 bridgehead atoms. The second-order valence-electron chi connectivity index (χ2n) is 12.0. The fourth-order valence-corrected chi connectivity index (χ4v) is 6.66. The summed E-state index contributed by atoms with van der Waals surface area (Å²) in [6.45, 7) is 0.787. The van der Waals surface area contributed by atoms with Crippen LogP contribution in [0.25, 0.3) is 33.9 Å². The molecule has 7 nitrogen and oxygen atoms in total. The number of sulfonamides is 1. The number of hydrazine groups is 1. The molecule has 0 spiro atoms. The zero-order valence-corrected chi connectivity index (χ0v) is 28.6. The Labute approximate surface area is 302 Å². The second kappa shape index (κ2) is 15.7. The maximum Gasteiger partial charge on any atom is 0.433 e. The molecule has 4 aromatic carbocycles. The third-order valence-corrected chi connectivity index (χ3v) is 9.63. The van der Waals surface area contributed by atoms with Gasteiger partial charge in [0, 0.05) is 36.0 Å². The van der Waals surface area contributed by atoms with Gasteiger partial charge in [-0.25, -0.2) is 23.4 Å².